The fraction of sp³-hybridized carbons (Fsp3) is 0.400. The van der Waals surface area contributed by atoms with Crippen LogP contribution in [0.25, 0.3) is 0 Å². The lowest BCUT2D eigenvalue weighted by Gasteiger charge is -2.21. The van der Waals surface area contributed by atoms with Crippen LogP contribution in [-0.4, -0.2) is 33.7 Å². The van der Waals surface area contributed by atoms with E-state index in [0.717, 1.165) is 11.5 Å². The molecule has 0 saturated carbocycles. The number of hydrogen-bond acceptors (Lipinski definition) is 5. The standard InChI is InChI=1S/C15H20N4O2/c1-3-21-15(20)11-18-14(19-9-8-16-12(19)2)10-13-6-4-5-7-17-13/h4-9,14,18H,3,10-11H2,1-2H3. The van der Waals surface area contributed by atoms with Crippen molar-refractivity contribution in [3.8, 4) is 0 Å². The van der Waals surface area contributed by atoms with Crippen LogP contribution in [0.4, 0.5) is 0 Å². The van der Waals surface area contributed by atoms with E-state index in [1.54, 1.807) is 19.3 Å². The number of hydrogen-bond donors (Lipinski definition) is 1. The van der Waals surface area contributed by atoms with Gasteiger partial charge in [-0.05, 0) is 26.0 Å². The smallest absolute Gasteiger partial charge is 0.319 e. The molecule has 2 heterocycles. The Bertz CT molecular complexity index is 568. The van der Waals surface area contributed by atoms with Crippen molar-refractivity contribution in [1.29, 1.82) is 0 Å². The first-order chi connectivity index (χ1) is 10.2. The van der Waals surface area contributed by atoms with Gasteiger partial charge < -0.3 is 9.30 Å². The van der Waals surface area contributed by atoms with Crippen molar-refractivity contribution in [2.75, 3.05) is 13.2 Å². The van der Waals surface area contributed by atoms with Gasteiger partial charge in [0.15, 0.2) is 0 Å². The van der Waals surface area contributed by atoms with E-state index in [4.69, 9.17) is 4.74 Å². The number of esters is 1. The molecule has 1 N–H and O–H groups in total. The molecule has 2 aromatic heterocycles. The van der Waals surface area contributed by atoms with Gasteiger partial charge in [0.25, 0.3) is 0 Å². The fourth-order valence-corrected chi connectivity index (χ4v) is 2.12. The summed E-state index contributed by atoms with van der Waals surface area (Å²) in [5, 5.41) is 3.20. The minimum absolute atomic E-state index is 0.0909. The summed E-state index contributed by atoms with van der Waals surface area (Å²) in [6.45, 7) is 4.26. The Morgan fingerprint density at radius 1 is 1.38 bits per heavy atom. The van der Waals surface area contributed by atoms with Gasteiger partial charge in [0, 0.05) is 30.7 Å². The van der Waals surface area contributed by atoms with E-state index in [1.165, 1.54) is 0 Å². The predicted molar refractivity (Wildman–Crippen MR) is 78.6 cm³/mol. The largest absolute Gasteiger partial charge is 0.465 e. The van der Waals surface area contributed by atoms with Crippen LogP contribution in [0.1, 0.15) is 24.6 Å². The van der Waals surface area contributed by atoms with Crippen LogP contribution in [0.3, 0.4) is 0 Å². The monoisotopic (exact) mass is 288 g/mol. The van der Waals surface area contributed by atoms with Crippen molar-refractivity contribution < 1.29 is 9.53 Å². The van der Waals surface area contributed by atoms with E-state index in [1.807, 2.05) is 35.9 Å². The van der Waals surface area contributed by atoms with Gasteiger partial charge in [-0.2, -0.15) is 0 Å². The SMILES string of the molecule is CCOC(=O)CNC(Cc1ccccn1)n1ccnc1C. The summed E-state index contributed by atoms with van der Waals surface area (Å²) in [7, 11) is 0. The zero-order valence-corrected chi connectivity index (χ0v) is 12.3. The van der Waals surface area contributed by atoms with E-state index in [2.05, 4.69) is 15.3 Å². The number of ether oxygens (including phenoxy) is 1. The van der Waals surface area contributed by atoms with Crippen molar-refractivity contribution in [3.05, 3.63) is 48.3 Å². The lowest BCUT2D eigenvalue weighted by atomic mass is 10.2. The van der Waals surface area contributed by atoms with Crippen molar-refractivity contribution in [1.82, 2.24) is 19.9 Å². The maximum absolute atomic E-state index is 11.5. The third kappa shape index (κ3) is 4.39. The van der Waals surface area contributed by atoms with Gasteiger partial charge in [-0.15, -0.1) is 0 Å². The Balaban J connectivity index is 2.08. The summed E-state index contributed by atoms with van der Waals surface area (Å²) in [5.74, 6) is 0.619. The van der Waals surface area contributed by atoms with Gasteiger partial charge in [0.2, 0.25) is 0 Å². The number of carbonyl (C=O) groups is 1. The molecular weight excluding hydrogens is 268 g/mol. The Kier molecular flexibility index (Phi) is 5.45. The highest BCUT2D eigenvalue weighted by atomic mass is 16.5. The number of pyridine rings is 1. The van der Waals surface area contributed by atoms with E-state index >= 15 is 0 Å². The molecule has 2 rings (SSSR count). The third-order valence-electron chi connectivity index (χ3n) is 3.11. The van der Waals surface area contributed by atoms with E-state index in [0.29, 0.717) is 13.0 Å². The average molecular weight is 288 g/mol. The third-order valence-corrected chi connectivity index (χ3v) is 3.11. The number of rotatable bonds is 7. The molecule has 1 unspecified atom stereocenters. The molecule has 2 aromatic rings. The van der Waals surface area contributed by atoms with Crippen LogP contribution in [0, 0.1) is 6.92 Å². The molecule has 1 atom stereocenters. The van der Waals surface area contributed by atoms with E-state index in [-0.39, 0.29) is 18.7 Å². The highest BCUT2D eigenvalue weighted by molar-refractivity contribution is 5.71. The second-order valence-corrected chi connectivity index (χ2v) is 4.61. The zero-order chi connectivity index (χ0) is 15.1. The van der Waals surface area contributed by atoms with Crippen molar-refractivity contribution >= 4 is 5.97 Å². The molecule has 0 amide bonds. The molecule has 6 nitrogen and oxygen atoms in total. The molecule has 0 radical (unpaired) electrons. The molecule has 112 valence electrons. The van der Waals surface area contributed by atoms with Crippen LogP contribution in [0.2, 0.25) is 0 Å². The fourth-order valence-electron chi connectivity index (χ4n) is 2.12. The Labute approximate surface area is 124 Å². The van der Waals surface area contributed by atoms with Crippen molar-refractivity contribution in [2.24, 2.45) is 0 Å². The summed E-state index contributed by atoms with van der Waals surface area (Å²) < 4.78 is 6.94. The molecular formula is C15H20N4O2. The van der Waals surface area contributed by atoms with E-state index in [9.17, 15) is 4.79 Å². The Morgan fingerprint density at radius 3 is 2.86 bits per heavy atom. The first-order valence-electron chi connectivity index (χ1n) is 6.99. The van der Waals surface area contributed by atoms with Crippen molar-refractivity contribution in [2.45, 2.75) is 26.4 Å². The summed E-state index contributed by atoms with van der Waals surface area (Å²) in [4.78, 5) is 20.1. The molecule has 0 bridgehead atoms. The van der Waals surface area contributed by atoms with Gasteiger partial charge in [-0.3, -0.25) is 15.1 Å². The Morgan fingerprint density at radius 2 is 2.24 bits per heavy atom. The first kappa shape index (κ1) is 15.2. The van der Waals surface area contributed by atoms with Gasteiger partial charge in [0.05, 0.1) is 19.3 Å². The number of aromatic nitrogens is 3. The first-order valence-corrected chi connectivity index (χ1v) is 6.99. The molecule has 21 heavy (non-hydrogen) atoms. The number of carbonyl (C=O) groups excluding carboxylic acids is 1. The lowest BCUT2D eigenvalue weighted by Crippen LogP contribution is -2.34. The highest BCUT2D eigenvalue weighted by Gasteiger charge is 2.15. The second-order valence-electron chi connectivity index (χ2n) is 4.61. The summed E-state index contributed by atoms with van der Waals surface area (Å²) in [6.07, 6.45) is 5.97. The topological polar surface area (TPSA) is 69.0 Å². The maximum Gasteiger partial charge on any atom is 0.319 e. The molecule has 0 aromatic carbocycles. The van der Waals surface area contributed by atoms with Crippen LogP contribution in [-0.2, 0) is 16.0 Å². The Hall–Kier alpha value is -2.21. The maximum atomic E-state index is 11.5. The molecule has 0 aliphatic heterocycles. The molecule has 6 heteroatoms. The number of nitrogens with zero attached hydrogens (tertiary/aromatic N) is 3. The lowest BCUT2D eigenvalue weighted by molar-refractivity contribution is -0.142. The number of imidazole rings is 1. The quantitative estimate of drug-likeness (QED) is 0.782. The van der Waals surface area contributed by atoms with Crippen molar-refractivity contribution in [3.63, 3.8) is 0 Å². The van der Waals surface area contributed by atoms with Gasteiger partial charge >= 0.3 is 5.97 Å². The predicted octanol–water partition coefficient (Wildman–Crippen LogP) is 1.48. The summed E-state index contributed by atoms with van der Waals surface area (Å²) >= 11 is 0. The molecule has 0 spiro atoms. The van der Waals surface area contributed by atoms with Crippen LogP contribution >= 0.6 is 0 Å². The van der Waals surface area contributed by atoms with Crippen LogP contribution < -0.4 is 5.32 Å². The minimum atomic E-state index is -0.263. The van der Waals surface area contributed by atoms with E-state index < -0.39 is 0 Å². The van der Waals surface area contributed by atoms with Gasteiger partial charge in [-0.25, -0.2) is 4.98 Å². The summed E-state index contributed by atoms with van der Waals surface area (Å²) in [6, 6.07) is 5.80. The number of nitrogens with one attached hydrogen (secondary N) is 1. The molecule has 0 fully saturated rings. The molecule has 0 saturated heterocycles. The van der Waals surface area contributed by atoms with Crippen LogP contribution in [0.5, 0.6) is 0 Å². The normalized spacial score (nSPS) is 12.1. The number of aryl methyl sites for hydroxylation is 1. The molecule has 0 aliphatic carbocycles. The molecule has 0 aliphatic rings. The summed E-state index contributed by atoms with van der Waals surface area (Å²) in [5.41, 5.74) is 0.951. The van der Waals surface area contributed by atoms with Crippen LogP contribution in [0.15, 0.2) is 36.8 Å². The zero-order valence-electron chi connectivity index (χ0n) is 12.3. The highest BCUT2D eigenvalue weighted by Crippen LogP contribution is 2.12. The minimum Gasteiger partial charge on any atom is -0.465 e. The van der Waals surface area contributed by atoms with Gasteiger partial charge in [-0.1, -0.05) is 6.07 Å². The second kappa shape index (κ2) is 7.54. The average Bonchev–Trinajstić information content (AvgIpc) is 2.91. The van der Waals surface area contributed by atoms with Gasteiger partial charge in [0.1, 0.15) is 5.82 Å².